The topological polar surface area (TPSA) is 20.2 Å². The summed E-state index contributed by atoms with van der Waals surface area (Å²) in [7, 11) is 0. The highest BCUT2D eigenvalue weighted by Gasteiger charge is 2.14. The van der Waals surface area contributed by atoms with E-state index in [0.717, 1.165) is 24.8 Å². The minimum absolute atomic E-state index is 0.186. The van der Waals surface area contributed by atoms with Crippen LogP contribution in [0.15, 0.2) is 35.5 Å². The molecule has 0 aliphatic heterocycles. The molecule has 0 spiro atoms. The van der Waals surface area contributed by atoms with Gasteiger partial charge < -0.3 is 5.11 Å². The first kappa shape index (κ1) is 13.2. The molecule has 1 aliphatic rings. The van der Waals surface area contributed by atoms with Gasteiger partial charge in [-0.2, -0.15) is 0 Å². The largest absolute Gasteiger partial charge is 0.388 e. The number of hydrogen-bond acceptors (Lipinski definition) is 1. The number of hydrogen-bond donors (Lipinski definition) is 1. The molecular formula is C15H24O. The van der Waals surface area contributed by atoms with Gasteiger partial charge in [0.15, 0.2) is 0 Å². The number of rotatable bonds is 0. The van der Waals surface area contributed by atoms with Crippen molar-refractivity contribution < 1.29 is 5.11 Å². The summed E-state index contributed by atoms with van der Waals surface area (Å²) in [4.78, 5) is 0. The van der Waals surface area contributed by atoms with Crippen LogP contribution in [-0.2, 0) is 0 Å². The Hall–Kier alpha value is -0.820. The van der Waals surface area contributed by atoms with Crippen molar-refractivity contribution in [1.29, 1.82) is 0 Å². The van der Waals surface area contributed by atoms with Gasteiger partial charge >= 0.3 is 0 Å². The first-order chi connectivity index (χ1) is 7.41. The fraction of sp³-hybridized carbons (Fsp3) is 0.600. The molecule has 16 heavy (non-hydrogen) atoms. The van der Waals surface area contributed by atoms with Gasteiger partial charge in [-0.3, -0.25) is 0 Å². The van der Waals surface area contributed by atoms with Crippen LogP contribution in [0.5, 0.6) is 0 Å². The first-order valence-electron chi connectivity index (χ1n) is 6.09. The van der Waals surface area contributed by atoms with Crippen LogP contribution in [0.4, 0.5) is 0 Å². The molecule has 0 aromatic rings. The molecule has 1 aliphatic carbocycles. The number of aliphatic hydroxyl groups is 1. The maximum absolute atomic E-state index is 9.95. The fourth-order valence-electron chi connectivity index (χ4n) is 1.77. The van der Waals surface area contributed by atoms with Crippen molar-refractivity contribution in [3.8, 4) is 0 Å². The second-order valence-electron chi connectivity index (χ2n) is 5.55. The Kier molecular flexibility index (Phi) is 4.55. The molecule has 0 bridgehead atoms. The van der Waals surface area contributed by atoms with E-state index < -0.39 is 0 Å². The summed E-state index contributed by atoms with van der Waals surface area (Å²) in [6.07, 6.45) is 11.2. The summed E-state index contributed by atoms with van der Waals surface area (Å²) in [6.45, 7) is 8.61. The second kappa shape index (κ2) is 5.49. The van der Waals surface area contributed by atoms with E-state index in [9.17, 15) is 5.11 Å². The van der Waals surface area contributed by atoms with Gasteiger partial charge in [-0.05, 0) is 44.1 Å². The molecule has 1 N–H and O–H groups in total. The molecule has 0 fully saturated rings. The Bertz CT molecular complexity index is 318. The van der Waals surface area contributed by atoms with E-state index >= 15 is 0 Å². The Balaban J connectivity index is 2.90. The summed E-state index contributed by atoms with van der Waals surface area (Å²) in [6, 6.07) is 0. The third kappa shape index (κ3) is 4.36. The maximum Gasteiger partial charge on any atom is 0.0781 e. The van der Waals surface area contributed by atoms with Crippen LogP contribution in [0.1, 0.15) is 47.0 Å². The van der Waals surface area contributed by atoms with Crippen LogP contribution in [0.3, 0.4) is 0 Å². The highest BCUT2D eigenvalue weighted by molar-refractivity contribution is 5.14. The Labute approximate surface area is 99.6 Å². The summed E-state index contributed by atoms with van der Waals surface area (Å²) in [5.74, 6) is 0. The predicted molar refractivity (Wildman–Crippen MR) is 70.3 cm³/mol. The van der Waals surface area contributed by atoms with Gasteiger partial charge in [-0.1, -0.05) is 43.7 Å². The lowest BCUT2D eigenvalue weighted by Crippen LogP contribution is -2.09. The second-order valence-corrected chi connectivity index (χ2v) is 5.55. The molecule has 1 rings (SSSR count). The molecule has 1 nitrogen and oxygen atoms in total. The molecular weight excluding hydrogens is 196 g/mol. The van der Waals surface area contributed by atoms with Crippen LogP contribution in [0.25, 0.3) is 0 Å². The Morgan fingerprint density at radius 3 is 2.62 bits per heavy atom. The van der Waals surface area contributed by atoms with Crippen LogP contribution in [-0.4, -0.2) is 11.2 Å². The zero-order valence-electron chi connectivity index (χ0n) is 11.0. The van der Waals surface area contributed by atoms with Gasteiger partial charge in [0.05, 0.1) is 6.10 Å². The molecule has 0 amide bonds. The van der Waals surface area contributed by atoms with Crippen molar-refractivity contribution in [3.05, 3.63) is 35.5 Å². The van der Waals surface area contributed by atoms with E-state index in [1.807, 2.05) is 6.92 Å². The number of aliphatic hydroxyl groups excluding tert-OH is 1. The van der Waals surface area contributed by atoms with Gasteiger partial charge in [0, 0.05) is 0 Å². The summed E-state index contributed by atoms with van der Waals surface area (Å²) in [5.41, 5.74) is 2.61. The van der Waals surface area contributed by atoms with E-state index in [-0.39, 0.29) is 11.5 Å². The molecule has 0 radical (unpaired) electrons. The minimum Gasteiger partial charge on any atom is -0.388 e. The molecule has 0 saturated carbocycles. The fourth-order valence-corrected chi connectivity index (χ4v) is 1.77. The summed E-state index contributed by atoms with van der Waals surface area (Å²) >= 11 is 0. The monoisotopic (exact) mass is 220 g/mol. The van der Waals surface area contributed by atoms with Gasteiger partial charge in [-0.25, -0.2) is 0 Å². The zero-order chi connectivity index (χ0) is 12.2. The standard InChI is InChI=1S/C15H24O/c1-12-6-5-10-15(3,4)11-9-13(2)14(16)8-7-12/h5,7,9-10,14,16H,6,8,11H2,1-4H3/b10-5+,12-7+,13-9-/t14-/m0/s1. The van der Waals surface area contributed by atoms with Crippen molar-refractivity contribution in [2.75, 3.05) is 0 Å². The van der Waals surface area contributed by atoms with Crippen molar-refractivity contribution in [2.45, 2.75) is 53.1 Å². The highest BCUT2D eigenvalue weighted by atomic mass is 16.3. The van der Waals surface area contributed by atoms with E-state index in [1.165, 1.54) is 5.57 Å². The van der Waals surface area contributed by atoms with Crippen LogP contribution >= 0.6 is 0 Å². The molecule has 0 aromatic heterocycles. The van der Waals surface area contributed by atoms with Gasteiger partial charge in [0.2, 0.25) is 0 Å². The lowest BCUT2D eigenvalue weighted by Gasteiger charge is -2.19. The third-order valence-corrected chi connectivity index (χ3v) is 3.17. The van der Waals surface area contributed by atoms with Gasteiger partial charge in [0.1, 0.15) is 0 Å². The normalized spacial score (nSPS) is 35.2. The van der Waals surface area contributed by atoms with Gasteiger partial charge in [-0.15, -0.1) is 0 Å². The SMILES string of the molecule is C/C1=C/CC(C)(C)/C=C/C/C(C)=C/C[C@@H]1O. The first-order valence-corrected chi connectivity index (χ1v) is 6.09. The molecule has 90 valence electrons. The minimum atomic E-state index is -0.316. The summed E-state index contributed by atoms with van der Waals surface area (Å²) in [5, 5.41) is 9.95. The lowest BCUT2D eigenvalue weighted by atomic mass is 9.87. The number of allylic oxidation sites excluding steroid dienone is 4. The van der Waals surface area contributed by atoms with Crippen molar-refractivity contribution >= 4 is 0 Å². The average molecular weight is 220 g/mol. The van der Waals surface area contributed by atoms with Crippen molar-refractivity contribution in [2.24, 2.45) is 5.41 Å². The molecule has 0 unspecified atom stereocenters. The smallest absolute Gasteiger partial charge is 0.0781 e. The lowest BCUT2D eigenvalue weighted by molar-refractivity contribution is 0.213. The predicted octanol–water partition coefficient (Wildman–Crippen LogP) is 4.01. The van der Waals surface area contributed by atoms with E-state index in [0.29, 0.717) is 0 Å². The van der Waals surface area contributed by atoms with Crippen LogP contribution < -0.4 is 0 Å². The molecule has 1 heteroatoms. The molecule has 1 atom stereocenters. The Morgan fingerprint density at radius 2 is 1.94 bits per heavy atom. The van der Waals surface area contributed by atoms with E-state index in [2.05, 4.69) is 45.1 Å². The molecule has 0 saturated heterocycles. The molecule has 0 heterocycles. The van der Waals surface area contributed by atoms with Crippen molar-refractivity contribution in [3.63, 3.8) is 0 Å². The average Bonchev–Trinajstić information content (AvgIpc) is 2.22. The highest BCUT2D eigenvalue weighted by Crippen LogP contribution is 2.25. The van der Waals surface area contributed by atoms with Gasteiger partial charge in [0.25, 0.3) is 0 Å². The quantitative estimate of drug-likeness (QED) is 0.612. The summed E-state index contributed by atoms with van der Waals surface area (Å²) < 4.78 is 0. The maximum atomic E-state index is 9.95. The van der Waals surface area contributed by atoms with Crippen LogP contribution in [0, 0.1) is 5.41 Å². The van der Waals surface area contributed by atoms with E-state index in [1.54, 1.807) is 0 Å². The third-order valence-electron chi connectivity index (χ3n) is 3.17. The zero-order valence-corrected chi connectivity index (χ0v) is 11.0. The Morgan fingerprint density at radius 1 is 1.25 bits per heavy atom. The van der Waals surface area contributed by atoms with Crippen LogP contribution in [0.2, 0.25) is 0 Å². The van der Waals surface area contributed by atoms with E-state index in [4.69, 9.17) is 0 Å². The van der Waals surface area contributed by atoms with Crippen molar-refractivity contribution in [1.82, 2.24) is 0 Å². The molecule has 0 aromatic carbocycles.